The van der Waals surface area contributed by atoms with E-state index in [2.05, 4.69) is 5.32 Å². The Morgan fingerprint density at radius 3 is 2.53 bits per heavy atom. The molecule has 1 aliphatic rings. The predicted octanol–water partition coefficient (Wildman–Crippen LogP) is 2.57. The van der Waals surface area contributed by atoms with Crippen molar-refractivity contribution in [3.05, 3.63) is 29.3 Å². The molecule has 1 heterocycles. The van der Waals surface area contributed by atoms with Gasteiger partial charge in [-0.05, 0) is 38.1 Å². The summed E-state index contributed by atoms with van der Waals surface area (Å²) in [6, 6.07) is 7.25. The zero-order chi connectivity index (χ0) is 14.1. The van der Waals surface area contributed by atoms with Crippen molar-refractivity contribution < 1.29 is 9.53 Å². The Labute approximate surface area is 118 Å². The Hall–Kier alpha value is -1.26. The first-order valence-electron chi connectivity index (χ1n) is 6.31. The molecular formula is C14H19ClN2O2. The summed E-state index contributed by atoms with van der Waals surface area (Å²) in [5.41, 5.74) is 5.32. The summed E-state index contributed by atoms with van der Waals surface area (Å²) >= 11 is 5.86. The van der Waals surface area contributed by atoms with Crippen molar-refractivity contribution >= 4 is 23.2 Å². The summed E-state index contributed by atoms with van der Waals surface area (Å²) in [4.78, 5) is 11.9. The Balaban J connectivity index is 2.25. The molecule has 4 nitrogen and oxygen atoms in total. The maximum Gasteiger partial charge on any atom is 0.243 e. The molecule has 0 radical (unpaired) electrons. The molecule has 0 saturated carbocycles. The minimum absolute atomic E-state index is 0.348. The number of anilines is 1. The van der Waals surface area contributed by atoms with Gasteiger partial charge in [0.1, 0.15) is 5.54 Å². The molecule has 104 valence electrons. The van der Waals surface area contributed by atoms with E-state index >= 15 is 0 Å². The Bertz CT molecular complexity index is 473. The number of hydrogen-bond donors (Lipinski definition) is 2. The van der Waals surface area contributed by atoms with Crippen molar-refractivity contribution in [3.8, 4) is 0 Å². The van der Waals surface area contributed by atoms with Gasteiger partial charge in [-0.15, -0.1) is 0 Å². The molecule has 5 heteroatoms. The van der Waals surface area contributed by atoms with E-state index in [1.807, 2.05) is 26.0 Å². The summed E-state index contributed by atoms with van der Waals surface area (Å²) in [7, 11) is 0. The van der Waals surface area contributed by atoms with Crippen molar-refractivity contribution in [2.24, 2.45) is 5.73 Å². The maximum absolute atomic E-state index is 11.9. The number of benzene rings is 1. The van der Waals surface area contributed by atoms with E-state index in [-0.39, 0.29) is 11.5 Å². The normalized spacial score (nSPS) is 25.8. The second-order valence-corrected chi connectivity index (χ2v) is 6.05. The first-order valence-corrected chi connectivity index (χ1v) is 6.68. The average Bonchev–Trinajstić information content (AvgIpc) is 2.31. The van der Waals surface area contributed by atoms with Crippen molar-refractivity contribution in [1.29, 1.82) is 0 Å². The SMILES string of the molecule is CC1(C)CC(Nc2ccc(Cl)cc2)(C(N)=O)CCO1. The Morgan fingerprint density at radius 1 is 1.37 bits per heavy atom. The molecule has 0 bridgehead atoms. The van der Waals surface area contributed by atoms with Crippen LogP contribution in [-0.2, 0) is 9.53 Å². The number of nitrogens with one attached hydrogen (secondary N) is 1. The number of hydrogen-bond acceptors (Lipinski definition) is 3. The van der Waals surface area contributed by atoms with Crippen LogP contribution in [0.3, 0.4) is 0 Å². The van der Waals surface area contributed by atoms with Crippen molar-refractivity contribution in [3.63, 3.8) is 0 Å². The van der Waals surface area contributed by atoms with Gasteiger partial charge >= 0.3 is 0 Å². The average molecular weight is 283 g/mol. The van der Waals surface area contributed by atoms with E-state index in [1.165, 1.54) is 0 Å². The lowest BCUT2D eigenvalue weighted by atomic mass is 9.80. The van der Waals surface area contributed by atoms with Crippen LogP contribution in [-0.4, -0.2) is 23.7 Å². The van der Waals surface area contributed by atoms with Gasteiger partial charge in [-0.3, -0.25) is 4.79 Å². The molecule has 0 aromatic heterocycles. The standard InChI is InChI=1S/C14H19ClN2O2/c1-13(2)9-14(12(16)18,7-8-19-13)17-11-5-3-10(15)4-6-11/h3-6,17H,7-9H2,1-2H3,(H2,16,18). The van der Waals surface area contributed by atoms with Crippen LogP contribution in [0.15, 0.2) is 24.3 Å². The molecule has 0 spiro atoms. The van der Waals surface area contributed by atoms with E-state index in [9.17, 15) is 4.79 Å². The Kier molecular flexibility index (Phi) is 3.74. The van der Waals surface area contributed by atoms with E-state index in [0.717, 1.165) is 5.69 Å². The quantitative estimate of drug-likeness (QED) is 0.895. The second kappa shape index (κ2) is 5.02. The fourth-order valence-corrected chi connectivity index (χ4v) is 2.68. The molecule has 0 aliphatic carbocycles. The van der Waals surface area contributed by atoms with Gasteiger partial charge < -0.3 is 15.8 Å². The third-order valence-corrected chi connectivity index (χ3v) is 3.70. The molecule has 1 fully saturated rings. The van der Waals surface area contributed by atoms with Gasteiger partial charge in [0.2, 0.25) is 5.91 Å². The van der Waals surface area contributed by atoms with Gasteiger partial charge in [-0.2, -0.15) is 0 Å². The van der Waals surface area contributed by atoms with Gasteiger partial charge in [0.05, 0.1) is 12.2 Å². The monoisotopic (exact) mass is 282 g/mol. The minimum Gasteiger partial charge on any atom is -0.375 e. The highest BCUT2D eigenvalue weighted by atomic mass is 35.5. The smallest absolute Gasteiger partial charge is 0.243 e. The highest BCUT2D eigenvalue weighted by Crippen LogP contribution is 2.34. The summed E-state index contributed by atoms with van der Waals surface area (Å²) in [5, 5.41) is 3.92. The number of ether oxygens (including phenoxy) is 1. The van der Waals surface area contributed by atoms with Gasteiger partial charge in [0, 0.05) is 23.6 Å². The van der Waals surface area contributed by atoms with Crippen LogP contribution in [0.4, 0.5) is 5.69 Å². The largest absolute Gasteiger partial charge is 0.375 e. The third-order valence-electron chi connectivity index (χ3n) is 3.45. The van der Waals surface area contributed by atoms with Crippen LogP contribution in [0, 0.1) is 0 Å². The Morgan fingerprint density at radius 2 is 2.00 bits per heavy atom. The summed E-state index contributed by atoms with van der Waals surface area (Å²) in [5.74, 6) is -0.348. The number of carbonyl (C=O) groups excluding carboxylic acids is 1. The number of carbonyl (C=O) groups is 1. The maximum atomic E-state index is 11.9. The third kappa shape index (κ3) is 3.19. The van der Waals surface area contributed by atoms with Crippen molar-refractivity contribution in [2.75, 3.05) is 11.9 Å². The van der Waals surface area contributed by atoms with E-state index < -0.39 is 5.54 Å². The number of rotatable bonds is 3. The fraction of sp³-hybridized carbons (Fsp3) is 0.500. The lowest BCUT2D eigenvalue weighted by molar-refractivity contribution is -0.133. The molecule has 1 unspecified atom stereocenters. The van der Waals surface area contributed by atoms with Crippen molar-refractivity contribution in [2.45, 2.75) is 37.8 Å². The van der Waals surface area contributed by atoms with Gasteiger partial charge in [0.25, 0.3) is 0 Å². The summed E-state index contributed by atoms with van der Waals surface area (Å²) in [6.45, 7) is 4.44. The van der Waals surface area contributed by atoms with Crippen LogP contribution in [0.2, 0.25) is 5.02 Å². The molecule has 2 rings (SSSR count). The van der Waals surface area contributed by atoms with Crippen LogP contribution < -0.4 is 11.1 Å². The molecule has 1 aromatic rings. The minimum atomic E-state index is -0.768. The van der Waals surface area contributed by atoms with E-state index in [0.29, 0.717) is 24.5 Å². The topological polar surface area (TPSA) is 64.3 Å². The summed E-state index contributed by atoms with van der Waals surface area (Å²) < 4.78 is 5.66. The van der Waals surface area contributed by atoms with Crippen LogP contribution in [0.5, 0.6) is 0 Å². The zero-order valence-corrected chi connectivity index (χ0v) is 12.0. The van der Waals surface area contributed by atoms with E-state index in [4.69, 9.17) is 22.1 Å². The van der Waals surface area contributed by atoms with Gasteiger partial charge in [-0.25, -0.2) is 0 Å². The van der Waals surface area contributed by atoms with Gasteiger partial charge in [-0.1, -0.05) is 11.6 Å². The van der Waals surface area contributed by atoms with Crippen molar-refractivity contribution in [1.82, 2.24) is 0 Å². The first kappa shape index (κ1) is 14.2. The molecule has 1 amide bonds. The molecule has 1 aliphatic heterocycles. The summed E-state index contributed by atoms with van der Waals surface area (Å²) in [6.07, 6.45) is 1.10. The zero-order valence-electron chi connectivity index (χ0n) is 11.2. The molecule has 1 saturated heterocycles. The van der Waals surface area contributed by atoms with Gasteiger partial charge in [0.15, 0.2) is 0 Å². The number of halogens is 1. The molecule has 1 aromatic carbocycles. The highest BCUT2D eigenvalue weighted by molar-refractivity contribution is 6.30. The lowest BCUT2D eigenvalue weighted by Crippen LogP contribution is -2.58. The number of nitrogens with two attached hydrogens (primary N) is 1. The number of primary amides is 1. The fourth-order valence-electron chi connectivity index (χ4n) is 2.56. The van der Waals surface area contributed by atoms with Crippen LogP contribution >= 0.6 is 11.6 Å². The highest BCUT2D eigenvalue weighted by Gasteiger charge is 2.45. The molecule has 1 atom stereocenters. The van der Waals surface area contributed by atoms with Crippen LogP contribution in [0.25, 0.3) is 0 Å². The van der Waals surface area contributed by atoms with E-state index in [1.54, 1.807) is 12.1 Å². The lowest BCUT2D eigenvalue weighted by Gasteiger charge is -2.43. The number of amides is 1. The first-order chi connectivity index (χ1) is 8.83. The molecule has 3 N–H and O–H groups in total. The van der Waals surface area contributed by atoms with Crippen LogP contribution in [0.1, 0.15) is 26.7 Å². The molecule has 19 heavy (non-hydrogen) atoms. The predicted molar refractivity (Wildman–Crippen MR) is 76.3 cm³/mol. The molecular weight excluding hydrogens is 264 g/mol. The second-order valence-electron chi connectivity index (χ2n) is 5.61.